The molecule has 3 N–H and O–H groups in total. The van der Waals surface area contributed by atoms with E-state index in [9.17, 15) is 9.90 Å². The van der Waals surface area contributed by atoms with E-state index in [1.807, 2.05) is 6.92 Å². The van der Waals surface area contributed by atoms with Gasteiger partial charge in [-0.3, -0.25) is 14.7 Å². The number of hydrogen-bond donors (Lipinski definition) is 2. The molecule has 0 saturated carbocycles. The van der Waals surface area contributed by atoms with Gasteiger partial charge in [0.1, 0.15) is 12.1 Å². The first-order chi connectivity index (χ1) is 11.0. The maximum absolute atomic E-state index is 11.1. The number of likely N-dealkylation sites (tertiary alicyclic amines) is 1. The molecule has 1 atom stereocenters. The lowest BCUT2D eigenvalue weighted by Crippen LogP contribution is -2.36. The minimum atomic E-state index is -0.620. The summed E-state index contributed by atoms with van der Waals surface area (Å²) in [6.07, 6.45) is 3.52. The topological polar surface area (TPSA) is 110 Å². The average molecular weight is 316 g/mol. The third kappa shape index (κ3) is 3.48. The molecular formula is C15H20N6O2. The summed E-state index contributed by atoms with van der Waals surface area (Å²) in [6.45, 7) is 4.18. The van der Waals surface area contributed by atoms with Gasteiger partial charge >= 0.3 is 0 Å². The second-order valence-electron chi connectivity index (χ2n) is 5.86. The number of rotatable bonds is 4. The number of primary amides is 1. The number of hydrogen-bond acceptors (Lipinski definition) is 6. The van der Waals surface area contributed by atoms with E-state index in [2.05, 4.69) is 20.0 Å². The first-order valence-corrected chi connectivity index (χ1v) is 7.61. The summed E-state index contributed by atoms with van der Waals surface area (Å²) in [4.78, 5) is 21.7. The lowest BCUT2D eigenvalue weighted by Gasteiger charge is -2.32. The van der Waals surface area contributed by atoms with Crippen LogP contribution in [0.5, 0.6) is 5.75 Å². The van der Waals surface area contributed by atoms with Crippen LogP contribution in [-0.4, -0.2) is 48.8 Å². The zero-order valence-electron chi connectivity index (χ0n) is 13.0. The van der Waals surface area contributed by atoms with E-state index in [4.69, 9.17) is 5.73 Å². The normalized spacial score (nSPS) is 18.9. The molecule has 1 amide bonds. The highest BCUT2D eigenvalue weighted by Crippen LogP contribution is 2.24. The minimum Gasteiger partial charge on any atom is -0.506 e. The monoisotopic (exact) mass is 316 g/mol. The van der Waals surface area contributed by atoms with Crippen LogP contribution in [0.2, 0.25) is 0 Å². The van der Waals surface area contributed by atoms with Crippen molar-refractivity contribution in [2.45, 2.75) is 32.4 Å². The van der Waals surface area contributed by atoms with E-state index >= 15 is 0 Å². The van der Waals surface area contributed by atoms with E-state index in [0.29, 0.717) is 12.2 Å². The number of pyridine rings is 1. The van der Waals surface area contributed by atoms with Crippen LogP contribution in [0.3, 0.4) is 0 Å². The van der Waals surface area contributed by atoms with Crippen LogP contribution in [0.4, 0.5) is 0 Å². The largest absolute Gasteiger partial charge is 0.506 e. The molecule has 0 radical (unpaired) electrons. The molecule has 1 aliphatic heterocycles. The van der Waals surface area contributed by atoms with Crippen LogP contribution >= 0.6 is 0 Å². The highest BCUT2D eigenvalue weighted by atomic mass is 16.3. The van der Waals surface area contributed by atoms with Gasteiger partial charge in [-0.25, -0.2) is 9.67 Å². The van der Waals surface area contributed by atoms with E-state index < -0.39 is 5.91 Å². The van der Waals surface area contributed by atoms with Gasteiger partial charge in [-0.15, -0.1) is 5.10 Å². The van der Waals surface area contributed by atoms with Crippen molar-refractivity contribution in [3.63, 3.8) is 0 Å². The molecule has 2 aromatic rings. The maximum Gasteiger partial charge on any atom is 0.288 e. The van der Waals surface area contributed by atoms with E-state index in [0.717, 1.165) is 31.6 Å². The van der Waals surface area contributed by atoms with Crippen LogP contribution in [-0.2, 0) is 6.54 Å². The van der Waals surface area contributed by atoms with Crippen molar-refractivity contribution in [2.24, 2.45) is 5.73 Å². The van der Waals surface area contributed by atoms with Gasteiger partial charge in [0, 0.05) is 18.8 Å². The summed E-state index contributed by atoms with van der Waals surface area (Å²) in [7, 11) is 0. The van der Waals surface area contributed by atoms with Gasteiger partial charge in [0.15, 0.2) is 0 Å². The van der Waals surface area contributed by atoms with Gasteiger partial charge in [-0.1, -0.05) is 0 Å². The van der Waals surface area contributed by atoms with Crippen molar-refractivity contribution in [1.82, 2.24) is 24.6 Å². The predicted octanol–water partition coefficient (Wildman–Crippen LogP) is 0.623. The van der Waals surface area contributed by atoms with Crippen molar-refractivity contribution in [3.8, 4) is 5.75 Å². The van der Waals surface area contributed by atoms with Crippen molar-refractivity contribution in [3.05, 3.63) is 35.7 Å². The number of aryl methyl sites for hydroxylation is 1. The van der Waals surface area contributed by atoms with Gasteiger partial charge in [0.25, 0.3) is 5.91 Å². The molecule has 122 valence electrons. The van der Waals surface area contributed by atoms with Crippen molar-refractivity contribution in [2.75, 3.05) is 13.1 Å². The highest BCUT2D eigenvalue weighted by Gasteiger charge is 2.24. The van der Waals surface area contributed by atoms with Crippen LogP contribution < -0.4 is 5.73 Å². The van der Waals surface area contributed by atoms with Crippen LogP contribution in [0.1, 0.15) is 40.9 Å². The Labute approximate surface area is 134 Å². The summed E-state index contributed by atoms with van der Waals surface area (Å²) in [5, 5.41) is 14.1. The minimum absolute atomic E-state index is 0.0418. The Morgan fingerprint density at radius 1 is 1.48 bits per heavy atom. The van der Waals surface area contributed by atoms with Crippen molar-refractivity contribution < 1.29 is 9.90 Å². The first-order valence-electron chi connectivity index (χ1n) is 7.61. The molecule has 0 spiro atoms. The third-order valence-corrected chi connectivity index (χ3v) is 4.05. The molecule has 3 rings (SSSR count). The average Bonchev–Trinajstić information content (AvgIpc) is 3.01. The lowest BCUT2D eigenvalue weighted by molar-refractivity contribution is 0.0988. The zero-order valence-corrected chi connectivity index (χ0v) is 13.0. The van der Waals surface area contributed by atoms with Crippen LogP contribution in [0, 0.1) is 6.92 Å². The summed E-state index contributed by atoms with van der Waals surface area (Å²) >= 11 is 0. The molecule has 0 aromatic carbocycles. The standard InChI is InChI=1S/C15H20N6O2/c1-10-4-5-13(22)12(18-10)8-20-6-2-3-11(7-20)21-9-17-15(19-21)14(16)23/h4-5,9,11,22H,2-3,6-8H2,1H3,(H2,16,23). The molecule has 0 bridgehead atoms. The van der Waals surface area contributed by atoms with Crippen LogP contribution in [0.15, 0.2) is 18.5 Å². The predicted molar refractivity (Wildman–Crippen MR) is 82.7 cm³/mol. The number of carbonyl (C=O) groups is 1. The molecule has 1 fully saturated rings. The molecule has 1 aliphatic rings. The Kier molecular flexibility index (Phi) is 4.24. The fourth-order valence-electron chi connectivity index (χ4n) is 2.89. The Bertz CT molecular complexity index is 714. The fourth-order valence-corrected chi connectivity index (χ4v) is 2.89. The molecule has 2 aromatic heterocycles. The van der Waals surface area contributed by atoms with Gasteiger partial charge in [-0.2, -0.15) is 0 Å². The van der Waals surface area contributed by atoms with E-state index in [-0.39, 0.29) is 17.6 Å². The molecule has 8 nitrogen and oxygen atoms in total. The van der Waals surface area contributed by atoms with E-state index in [1.165, 1.54) is 0 Å². The Hall–Kier alpha value is -2.48. The smallest absolute Gasteiger partial charge is 0.288 e. The highest BCUT2D eigenvalue weighted by molar-refractivity contribution is 5.88. The second-order valence-corrected chi connectivity index (χ2v) is 5.86. The number of carbonyl (C=O) groups excluding carboxylic acids is 1. The third-order valence-electron chi connectivity index (χ3n) is 4.05. The number of nitrogens with two attached hydrogens (primary N) is 1. The number of aromatic hydroxyl groups is 1. The Morgan fingerprint density at radius 2 is 2.30 bits per heavy atom. The van der Waals surface area contributed by atoms with Crippen LogP contribution in [0.25, 0.3) is 0 Å². The molecule has 0 aliphatic carbocycles. The number of piperidine rings is 1. The maximum atomic E-state index is 11.1. The van der Waals surface area contributed by atoms with E-state index in [1.54, 1.807) is 23.1 Å². The Balaban J connectivity index is 1.70. The Morgan fingerprint density at radius 3 is 3.04 bits per heavy atom. The summed E-state index contributed by atoms with van der Waals surface area (Å²) < 4.78 is 1.70. The summed E-state index contributed by atoms with van der Waals surface area (Å²) in [5.74, 6) is -0.361. The quantitative estimate of drug-likeness (QED) is 0.855. The number of nitrogens with zero attached hydrogens (tertiary/aromatic N) is 5. The molecule has 23 heavy (non-hydrogen) atoms. The van der Waals surface area contributed by atoms with Gasteiger partial charge in [-0.05, 0) is 38.4 Å². The first kappa shape index (κ1) is 15.4. The van der Waals surface area contributed by atoms with Crippen molar-refractivity contribution >= 4 is 5.91 Å². The molecule has 1 saturated heterocycles. The molecular weight excluding hydrogens is 296 g/mol. The SMILES string of the molecule is Cc1ccc(O)c(CN2CCCC(n3cnc(C(N)=O)n3)C2)n1. The zero-order chi connectivity index (χ0) is 16.4. The number of amides is 1. The van der Waals surface area contributed by atoms with Crippen molar-refractivity contribution in [1.29, 1.82) is 0 Å². The van der Waals surface area contributed by atoms with Gasteiger partial charge in [0.05, 0.1) is 11.7 Å². The second kappa shape index (κ2) is 6.33. The van der Waals surface area contributed by atoms with Gasteiger partial charge in [0.2, 0.25) is 5.82 Å². The lowest BCUT2D eigenvalue weighted by atomic mass is 10.1. The fraction of sp³-hybridized carbons (Fsp3) is 0.467. The molecule has 1 unspecified atom stereocenters. The molecule has 8 heteroatoms. The number of aromatic nitrogens is 4. The molecule has 3 heterocycles. The summed E-state index contributed by atoms with van der Waals surface area (Å²) in [5.41, 5.74) is 6.76. The van der Waals surface area contributed by atoms with Gasteiger partial charge < -0.3 is 10.8 Å². The summed E-state index contributed by atoms with van der Waals surface area (Å²) in [6, 6.07) is 3.60.